The van der Waals surface area contributed by atoms with E-state index in [2.05, 4.69) is 10.2 Å². The molecule has 0 bridgehead atoms. The molecule has 1 unspecified atom stereocenters. The Kier molecular flexibility index (Phi) is 9.40. The highest BCUT2D eigenvalue weighted by molar-refractivity contribution is 5.68. The second kappa shape index (κ2) is 11.0. The van der Waals surface area contributed by atoms with Crippen molar-refractivity contribution >= 4 is 11.8 Å². The number of hydrogen-bond donors (Lipinski definition) is 2. The minimum Gasteiger partial charge on any atom is -0.444 e. The summed E-state index contributed by atoms with van der Waals surface area (Å²) >= 11 is 0. The lowest BCUT2D eigenvalue weighted by Crippen LogP contribution is -2.36. The third-order valence-electron chi connectivity index (χ3n) is 3.66. The lowest BCUT2D eigenvalue weighted by molar-refractivity contribution is 0.0482. The van der Waals surface area contributed by atoms with Crippen molar-refractivity contribution in [1.29, 1.82) is 0 Å². The van der Waals surface area contributed by atoms with Crippen molar-refractivity contribution in [2.24, 2.45) is 0 Å². The van der Waals surface area contributed by atoms with Gasteiger partial charge in [0.25, 0.3) is 0 Å². The smallest absolute Gasteiger partial charge is 0.408 e. The molecule has 2 N–H and O–H groups in total. The molecule has 1 aromatic rings. The van der Waals surface area contributed by atoms with Gasteiger partial charge in [0.15, 0.2) is 0 Å². The first-order valence-electron chi connectivity index (χ1n) is 8.74. The molecular formula is C19H32N2O5. The van der Waals surface area contributed by atoms with Crippen molar-refractivity contribution in [3.05, 3.63) is 29.8 Å². The number of alkyl carbamates (subject to hydrolysis) is 1. The van der Waals surface area contributed by atoms with Gasteiger partial charge in [0.1, 0.15) is 5.60 Å². The predicted octanol–water partition coefficient (Wildman–Crippen LogP) is 2.34. The molecule has 1 amide bonds. The summed E-state index contributed by atoms with van der Waals surface area (Å²) in [6.45, 7) is 7.90. The molecule has 26 heavy (non-hydrogen) atoms. The minimum atomic E-state index is -0.586. The molecule has 1 atom stereocenters. The fourth-order valence-corrected chi connectivity index (χ4v) is 2.37. The Morgan fingerprint density at radius 1 is 1.12 bits per heavy atom. The van der Waals surface area contributed by atoms with Gasteiger partial charge < -0.3 is 29.5 Å². The van der Waals surface area contributed by atoms with Crippen LogP contribution in [0.4, 0.5) is 10.5 Å². The summed E-state index contributed by atoms with van der Waals surface area (Å²) in [5.41, 5.74) is 1.24. The Hall–Kier alpha value is -1.83. The van der Waals surface area contributed by atoms with Crippen LogP contribution in [0.3, 0.4) is 0 Å². The molecule has 1 rings (SSSR count). The molecule has 0 fully saturated rings. The van der Waals surface area contributed by atoms with Gasteiger partial charge >= 0.3 is 6.09 Å². The summed E-state index contributed by atoms with van der Waals surface area (Å²) in [5.74, 6) is 0. The van der Waals surface area contributed by atoms with Crippen LogP contribution in [-0.4, -0.2) is 63.9 Å². The van der Waals surface area contributed by atoms with Crippen molar-refractivity contribution in [2.75, 3.05) is 52.0 Å². The number of carbonyl (C=O) groups is 1. The third-order valence-corrected chi connectivity index (χ3v) is 3.66. The first kappa shape index (κ1) is 22.2. The van der Waals surface area contributed by atoms with Gasteiger partial charge in [-0.05, 0) is 38.5 Å². The van der Waals surface area contributed by atoms with E-state index >= 15 is 0 Å². The lowest BCUT2D eigenvalue weighted by Gasteiger charge is -2.25. The van der Waals surface area contributed by atoms with Crippen LogP contribution in [-0.2, 0) is 14.2 Å². The first-order chi connectivity index (χ1) is 12.3. The summed E-state index contributed by atoms with van der Waals surface area (Å²) in [6, 6.07) is 7.17. The van der Waals surface area contributed by atoms with E-state index in [0.29, 0.717) is 13.2 Å². The molecule has 0 heterocycles. The first-order valence-corrected chi connectivity index (χ1v) is 8.74. The summed E-state index contributed by atoms with van der Waals surface area (Å²) in [7, 11) is 3.34. The maximum absolute atomic E-state index is 11.9. The van der Waals surface area contributed by atoms with E-state index in [0.717, 1.165) is 24.3 Å². The van der Waals surface area contributed by atoms with Crippen LogP contribution in [0.5, 0.6) is 0 Å². The van der Waals surface area contributed by atoms with Gasteiger partial charge in [-0.15, -0.1) is 0 Å². The Morgan fingerprint density at radius 3 is 2.08 bits per heavy atom. The molecule has 0 aliphatic carbocycles. The van der Waals surface area contributed by atoms with Gasteiger partial charge in [-0.3, -0.25) is 0 Å². The monoisotopic (exact) mass is 368 g/mol. The molecule has 0 aromatic heterocycles. The van der Waals surface area contributed by atoms with E-state index in [-0.39, 0.29) is 6.61 Å². The van der Waals surface area contributed by atoms with E-state index in [4.69, 9.17) is 14.2 Å². The molecule has 0 aliphatic heterocycles. The fourth-order valence-electron chi connectivity index (χ4n) is 2.37. The topological polar surface area (TPSA) is 80.3 Å². The van der Waals surface area contributed by atoms with Crippen LogP contribution in [0, 0.1) is 0 Å². The number of carbonyl (C=O) groups excluding carboxylic acids is 1. The number of benzene rings is 1. The van der Waals surface area contributed by atoms with E-state index in [1.54, 1.807) is 35.0 Å². The number of methoxy groups -OCH3 is 2. The molecule has 1 aromatic carbocycles. The summed E-state index contributed by atoms with van der Waals surface area (Å²) in [6.07, 6.45) is -0.553. The Balaban J connectivity index is 2.79. The average Bonchev–Trinajstić information content (AvgIpc) is 2.58. The molecule has 7 nitrogen and oxygen atoms in total. The van der Waals surface area contributed by atoms with Crippen molar-refractivity contribution in [2.45, 2.75) is 32.4 Å². The number of aliphatic hydroxyl groups is 1. The molecule has 0 radical (unpaired) electrons. The maximum Gasteiger partial charge on any atom is 0.408 e. The van der Waals surface area contributed by atoms with Crippen molar-refractivity contribution in [3.8, 4) is 0 Å². The average molecular weight is 368 g/mol. The molecule has 0 aliphatic rings. The molecule has 0 spiro atoms. The van der Waals surface area contributed by atoms with E-state index in [1.165, 1.54) is 0 Å². The highest BCUT2D eigenvalue weighted by Gasteiger charge is 2.20. The van der Waals surface area contributed by atoms with Crippen LogP contribution in [0.1, 0.15) is 32.4 Å². The van der Waals surface area contributed by atoms with Crippen LogP contribution in [0.2, 0.25) is 0 Å². The highest BCUT2D eigenvalue weighted by atomic mass is 16.6. The highest BCUT2D eigenvalue weighted by Crippen LogP contribution is 2.20. The van der Waals surface area contributed by atoms with Crippen LogP contribution < -0.4 is 10.2 Å². The maximum atomic E-state index is 11.9. The predicted molar refractivity (Wildman–Crippen MR) is 102 cm³/mol. The van der Waals surface area contributed by atoms with Crippen LogP contribution in [0.25, 0.3) is 0 Å². The van der Waals surface area contributed by atoms with Crippen molar-refractivity contribution in [1.82, 2.24) is 5.32 Å². The van der Waals surface area contributed by atoms with Crippen LogP contribution >= 0.6 is 0 Å². The molecule has 0 saturated heterocycles. The number of hydrogen-bond acceptors (Lipinski definition) is 6. The van der Waals surface area contributed by atoms with Gasteiger partial charge in [0, 0.05) is 33.0 Å². The Bertz CT molecular complexity index is 520. The lowest BCUT2D eigenvalue weighted by atomic mass is 10.1. The number of rotatable bonds is 10. The standard InChI is InChI=1S/C19H32N2O5/c1-19(2,3)26-18(23)20-17(14-22)15-6-8-16(9-7-15)21(10-12-24-4)11-13-25-5/h6-9,17,22H,10-14H2,1-5H3,(H,20,23). The zero-order valence-electron chi connectivity index (χ0n) is 16.4. The van der Waals surface area contributed by atoms with Gasteiger partial charge in [-0.1, -0.05) is 12.1 Å². The number of amides is 1. The Labute approximate surface area is 156 Å². The minimum absolute atomic E-state index is 0.213. The number of ether oxygens (including phenoxy) is 3. The normalized spacial score (nSPS) is 12.5. The second-order valence-corrected chi connectivity index (χ2v) is 6.95. The number of nitrogens with zero attached hydrogens (tertiary/aromatic N) is 1. The summed E-state index contributed by atoms with van der Waals surface area (Å²) < 4.78 is 15.6. The molecule has 7 heteroatoms. The number of nitrogens with one attached hydrogen (secondary N) is 1. The molecular weight excluding hydrogens is 336 g/mol. The van der Waals surface area contributed by atoms with Gasteiger partial charge in [-0.25, -0.2) is 4.79 Å². The zero-order chi connectivity index (χ0) is 19.6. The quantitative estimate of drug-likeness (QED) is 0.660. The number of anilines is 1. The van der Waals surface area contributed by atoms with Crippen LogP contribution in [0.15, 0.2) is 24.3 Å². The molecule has 148 valence electrons. The van der Waals surface area contributed by atoms with E-state index in [1.807, 2.05) is 24.3 Å². The fraction of sp³-hybridized carbons (Fsp3) is 0.632. The Morgan fingerprint density at radius 2 is 1.65 bits per heavy atom. The van der Waals surface area contributed by atoms with Crippen molar-refractivity contribution < 1.29 is 24.1 Å². The zero-order valence-corrected chi connectivity index (χ0v) is 16.4. The summed E-state index contributed by atoms with van der Waals surface area (Å²) in [5, 5.41) is 12.3. The largest absolute Gasteiger partial charge is 0.444 e. The molecule has 0 saturated carbocycles. The second-order valence-electron chi connectivity index (χ2n) is 6.95. The summed E-state index contributed by atoms with van der Waals surface area (Å²) in [4.78, 5) is 14.1. The van der Waals surface area contributed by atoms with E-state index in [9.17, 15) is 9.90 Å². The van der Waals surface area contributed by atoms with Gasteiger partial charge in [0.05, 0.1) is 25.9 Å². The van der Waals surface area contributed by atoms with Gasteiger partial charge in [0.2, 0.25) is 0 Å². The SMILES string of the molecule is COCCN(CCOC)c1ccc(C(CO)NC(=O)OC(C)(C)C)cc1. The van der Waals surface area contributed by atoms with Crippen molar-refractivity contribution in [3.63, 3.8) is 0 Å². The third kappa shape index (κ3) is 8.03. The van der Waals surface area contributed by atoms with Gasteiger partial charge in [-0.2, -0.15) is 0 Å². The number of aliphatic hydroxyl groups excluding tert-OH is 1. The van der Waals surface area contributed by atoms with E-state index < -0.39 is 17.7 Å².